The molecule has 3 aromatic carbocycles. The zero-order chi connectivity index (χ0) is 27.1. The van der Waals surface area contributed by atoms with Crippen LogP contribution in [0.1, 0.15) is 27.8 Å². The molecule has 0 aliphatic heterocycles. The number of anilines is 2. The quantitative estimate of drug-likeness (QED) is 0.250. The van der Waals surface area contributed by atoms with Gasteiger partial charge in [-0.3, -0.25) is 9.59 Å². The number of nitrogens with one attached hydrogen (secondary N) is 2. The molecule has 3 rings (SSSR count). The van der Waals surface area contributed by atoms with E-state index in [1.807, 2.05) is 64.1 Å². The second-order valence-electron chi connectivity index (χ2n) is 8.61. The summed E-state index contributed by atoms with van der Waals surface area (Å²) in [6.45, 7) is 7.60. The minimum atomic E-state index is -0.520. The predicted molar refractivity (Wildman–Crippen MR) is 149 cm³/mol. The first-order chi connectivity index (χ1) is 17.6. The van der Waals surface area contributed by atoms with Crippen molar-refractivity contribution in [1.82, 2.24) is 0 Å². The Kier molecular flexibility index (Phi) is 9.10. The first-order valence-electron chi connectivity index (χ1n) is 11.5. The summed E-state index contributed by atoms with van der Waals surface area (Å²) in [5, 5.41) is 15.2. The number of ether oxygens (including phenoxy) is 2. The van der Waals surface area contributed by atoms with Crippen molar-refractivity contribution in [1.29, 1.82) is 5.26 Å². The van der Waals surface area contributed by atoms with E-state index in [0.29, 0.717) is 32.9 Å². The molecule has 0 spiro atoms. The normalized spacial score (nSPS) is 10.9. The lowest BCUT2D eigenvalue weighted by atomic mass is 10.1. The molecule has 0 aromatic heterocycles. The van der Waals surface area contributed by atoms with Crippen molar-refractivity contribution in [3.8, 4) is 17.6 Å². The Balaban J connectivity index is 1.74. The molecule has 7 nitrogen and oxygen atoms in total. The third-order valence-electron chi connectivity index (χ3n) is 5.70. The molecule has 0 radical (unpaired) electrons. The van der Waals surface area contributed by atoms with Crippen molar-refractivity contribution in [3.63, 3.8) is 0 Å². The molecule has 0 atom stereocenters. The number of aryl methyl sites for hydroxylation is 4. The Morgan fingerprint density at radius 3 is 2.38 bits per heavy atom. The standard InChI is InChI=1S/C29H28BrN3O4/c1-17-6-9-25(20(4)10-17)33-29(35)22(15-31)12-21-13-24(30)28(26(14-21)36-5)37-16-27(34)32-23-8-7-18(2)19(3)11-23/h6-14H,16H2,1-5H3,(H,32,34)(H,33,35)/b22-12+. The Morgan fingerprint density at radius 2 is 1.73 bits per heavy atom. The molecule has 2 N–H and O–H groups in total. The molecular formula is C29H28BrN3O4. The Bertz CT molecular complexity index is 1420. The van der Waals surface area contributed by atoms with Crippen LogP contribution < -0.4 is 20.1 Å². The Hall–Kier alpha value is -4.09. The summed E-state index contributed by atoms with van der Waals surface area (Å²) in [7, 11) is 1.47. The van der Waals surface area contributed by atoms with E-state index >= 15 is 0 Å². The van der Waals surface area contributed by atoms with Gasteiger partial charge in [0, 0.05) is 11.4 Å². The molecule has 0 unspecified atom stereocenters. The van der Waals surface area contributed by atoms with Gasteiger partial charge in [0.1, 0.15) is 11.6 Å². The van der Waals surface area contributed by atoms with Crippen LogP contribution in [0.15, 0.2) is 58.6 Å². The summed E-state index contributed by atoms with van der Waals surface area (Å²) in [6, 6.07) is 16.6. The molecule has 0 heterocycles. The maximum absolute atomic E-state index is 12.7. The van der Waals surface area contributed by atoms with Crippen molar-refractivity contribution < 1.29 is 19.1 Å². The van der Waals surface area contributed by atoms with Crippen molar-refractivity contribution in [3.05, 3.63) is 86.4 Å². The molecule has 0 aliphatic carbocycles. The van der Waals surface area contributed by atoms with Crippen molar-refractivity contribution in [2.45, 2.75) is 27.7 Å². The summed E-state index contributed by atoms with van der Waals surface area (Å²) in [6.07, 6.45) is 1.46. The van der Waals surface area contributed by atoms with Crippen LogP contribution in [0.2, 0.25) is 0 Å². The number of methoxy groups -OCH3 is 1. The topological polar surface area (TPSA) is 100 Å². The maximum Gasteiger partial charge on any atom is 0.266 e. The van der Waals surface area contributed by atoms with Gasteiger partial charge in [-0.1, -0.05) is 23.8 Å². The highest BCUT2D eigenvalue weighted by atomic mass is 79.9. The van der Waals surface area contributed by atoms with Crippen LogP contribution >= 0.6 is 15.9 Å². The number of rotatable bonds is 8. The molecule has 0 bridgehead atoms. The van der Waals surface area contributed by atoms with E-state index in [-0.39, 0.29) is 18.1 Å². The monoisotopic (exact) mass is 561 g/mol. The largest absolute Gasteiger partial charge is 0.493 e. The summed E-state index contributed by atoms with van der Waals surface area (Å²) >= 11 is 3.44. The van der Waals surface area contributed by atoms with Crippen LogP contribution in [-0.4, -0.2) is 25.5 Å². The molecule has 2 amide bonds. The predicted octanol–water partition coefficient (Wildman–Crippen LogP) is 6.25. The van der Waals surface area contributed by atoms with Gasteiger partial charge in [0.25, 0.3) is 11.8 Å². The van der Waals surface area contributed by atoms with Crippen LogP contribution in [0.25, 0.3) is 6.08 Å². The minimum Gasteiger partial charge on any atom is -0.493 e. The molecule has 3 aromatic rings. The van der Waals surface area contributed by atoms with Crippen molar-refractivity contribution in [2.24, 2.45) is 0 Å². The summed E-state index contributed by atoms with van der Waals surface area (Å²) in [5.41, 5.74) is 5.99. The van der Waals surface area contributed by atoms with E-state index in [4.69, 9.17) is 9.47 Å². The van der Waals surface area contributed by atoms with Gasteiger partial charge in [-0.05, 0) is 102 Å². The number of hydrogen-bond acceptors (Lipinski definition) is 5. The molecule has 190 valence electrons. The van der Waals surface area contributed by atoms with Gasteiger partial charge >= 0.3 is 0 Å². The number of halogens is 1. The van der Waals surface area contributed by atoms with Crippen molar-refractivity contribution >= 4 is 45.2 Å². The highest BCUT2D eigenvalue weighted by Gasteiger charge is 2.16. The SMILES string of the molecule is COc1cc(/C=C(\C#N)C(=O)Nc2ccc(C)cc2C)cc(Br)c1OCC(=O)Nc1ccc(C)c(C)c1. The molecule has 0 fully saturated rings. The Labute approximate surface area is 225 Å². The Morgan fingerprint density at radius 1 is 0.973 bits per heavy atom. The van der Waals surface area contributed by atoms with E-state index < -0.39 is 5.91 Å². The molecule has 37 heavy (non-hydrogen) atoms. The molecule has 0 saturated carbocycles. The number of carbonyl (C=O) groups is 2. The number of nitriles is 1. The fraction of sp³-hybridized carbons (Fsp3) is 0.207. The highest BCUT2D eigenvalue weighted by Crippen LogP contribution is 2.37. The van der Waals surface area contributed by atoms with E-state index in [9.17, 15) is 14.9 Å². The van der Waals surface area contributed by atoms with Gasteiger partial charge in [0.05, 0.1) is 11.6 Å². The highest BCUT2D eigenvalue weighted by molar-refractivity contribution is 9.10. The first kappa shape index (κ1) is 27.5. The van der Waals surface area contributed by atoms with Gasteiger partial charge in [0.15, 0.2) is 18.1 Å². The van der Waals surface area contributed by atoms with E-state index in [2.05, 4.69) is 26.6 Å². The zero-order valence-electron chi connectivity index (χ0n) is 21.4. The molecule has 0 saturated heterocycles. The van der Waals surface area contributed by atoms with Crippen LogP contribution in [0.5, 0.6) is 11.5 Å². The lowest BCUT2D eigenvalue weighted by Gasteiger charge is -2.14. The van der Waals surface area contributed by atoms with Gasteiger partial charge in [-0.2, -0.15) is 5.26 Å². The second-order valence-corrected chi connectivity index (χ2v) is 9.47. The number of amides is 2. The minimum absolute atomic E-state index is 0.0737. The van der Waals surface area contributed by atoms with E-state index in [0.717, 1.165) is 22.3 Å². The number of hydrogen-bond donors (Lipinski definition) is 2. The number of nitrogens with zero attached hydrogens (tertiary/aromatic N) is 1. The van der Waals surface area contributed by atoms with Crippen LogP contribution in [0, 0.1) is 39.0 Å². The van der Waals surface area contributed by atoms with Gasteiger partial charge < -0.3 is 20.1 Å². The lowest BCUT2D eigenvalue weighted by Crippen LogP contribution is -2.20. The number of carbonyl (C=O) groups excluding carboxylic acids is 2. The molecule has 8 heteroatoms. The lowest BCUT2D eigenvalue weighted by molar-refractivity contribution is -0.118. The zero-order valence-corrected chi connectivity index (χ0v) is 22.9. The van der Waals surface area contributed by atoms with Gasteiger partial charge in [0.2, 0.25) is 0 Å². The summed E-state index contributed by atoms with van der Waals surface area (Å²) in [5.74, 6) is -0.177. The fourth-order valence-electron chi connectivity index (χ4n) is 3.58. The molecular weight excluding hydrogens is 534 g/mol. The maximum atomic E-state index is 12.7. The third-order valence-corrected chi connectivity index (χ3v) is 6.29. The fourth-order valence-corrected chi connectivity index (χ4v) is 4.15. The summed E-state index contributed by atoms with van der Waals surface area (Å²) in [4.78, 5) is 25.2. The summed E-state index contributed by atoms with van der Waals surface area (Å²) < 4.78 is 11.7. The van der Waals surface area contributed by atoms with Crippen LogP contribution in [0.3, 0.4) is 0 Å². The average molecular weight is 562 g/mol. The third kappa shape index (κ3) is 7.21. The van der Waals surface area contributed by atoms with Crippen molar-refractivity contribution in [2.75, 3.05) is 24.4 Å². The smallest absolute Gasteiger partial charge is 0.266 e. The number of benzene rings is 3. The average Bonchev–Trinajstić information content (AvgIpc) is 2.85. The van der Waals surface area contributed by atoms with Gasteiger partial charge in [-0.25, -0.2) is 0 Å². The van der Waals surface area contributed by atoms with Crippen LogP contribution in [0.4, 0.5) is 11.4 Å². The van der Waals surface area contributed by atoms with Crippen LogP contribution in [-0.2, 0) is 9.59 Å². The van der Waals surface area contributed by atoms with E-state index in [1.54, 1.807) is 18.2 Å². The van der Waals surface area contributed by atoms with Gasteiger partial charge in [-0.15, -0.1) is 0 Å². The van der Waals surface area contributed by atoms with E-state index in [1.165, 1.54) is 13.2 Å². The second kappa shape index (κ2) is 12.2. The first-order valence-corrected chi connectivity index (χ1v) is 12.3. The molecule has 0 aliphatic rings.